The van der Waals surface area contributed by atoms with Crippen molar-refractivity contribution in [2.75, 3.05) is 18.7 Å². The van der Waals surface area contributed by atoms with Crippen molar-refractivity contribution < 1.29 is 14.3 Å². The number of methoxy groups -OCH3 is 1. The van der Waals surface area contributed by atoms with Gasteiger partial charge >= 0.3 is 0 Å². The van der Waals surface area contributed by atoms with Gasteiger partial charge in [-0.2, -0.15) is 10.1 Å². The van der Waals surface area contributed by atoms with Crippen molar-refractivity contribution in [3.8, 4) is 5.75 Å². The van der Waals surface area contributed by atoms with E-state index in [2.05, 4.69) is 41.5 Å². The summed E-state index contributed by atoms with van der Waals surface area (Å²) in [6.45, 7) is 2.05. The van der Waals surface area contributed by atoms with Crippen molar-refractivity contribution in [2.24, 2.45) is 10.1 Å². The fraction of sp³-hybridized carbons (Fsp3) is 0.241. The Morgan fingerprint density at radius 2 is 1.89 bits per heavy atom. The highest BCUT2D eigenvalue weighted by molar-refractivity contribution is 8.15. The maximum absolute atomic E-state index is 12.9. The number of thioether (sulfide) groups is 2. The lowest BCUT2D eigenvalue weighted by Crippen LogP contribution is -2.25. The van der Waals surface area contributed by atoms with E-state index in [0.29, 0.717) is 17.3 Å². The number of carbonyl (C=O) groups is 2. The first-order valence-corrected chi connectivity index (χ1v) is 14.3. The van der Waals surface area contributed by atoms with Crippen LogP contribution in [0.3, 0.4) is 0 Å². The Kier molecular flexibility index (Phi) is 7.85. The van der Waals surface area contributed by atoms with E-state index in [4.69, 9.17) is 9.84 Å². The number of carbonyl (C=O) groups excluding carboxylic acids is 2. The molecule has 9 heteroatoms. The minimum Gasteiger partial charge on any atom is -0.497 e. The van der Waals surface area contributed by atoms with E-state index in [0.717, 1.165) is 27.5 Å². The zero-order valence-corrected chi connectivity index (χ0v) is 23.0. The maximum Gasteiger partial charge on any atom is 0.262 e. The van der Waals surface area contributed by atoms with Crippen LogP contribution in [0.2, 0.25) is 0 Å². The summed E-state index contributed by atoms with van der Waals surface area (Å²) in [7, 11) is 1.64. The highest BCUT2D eigenvalue weighted by atomic mass is 32.2. The highest BCUT2D eigenvalue weighted by Gasteiger charge is 2.39. The Morgan fingerprint density at radius 1 is 1.13 bits per heavy atom. The van der Waals surface area contributed by atoms with Crippen LogP contribution in [0.1, 0.15) is 35.6 Å². The number of rotatable bonds is 7. The molecule has 0 bridgehead atoms. The fourth-order valence-electron chi connectivity index (χ4n) is 4.38. The van der Waals surface area contributed by atoms with Crippen LogP contribution < -0.4 is 10.1 Å². The number of anilines is 1. The maximum atomic E-state index is 12.9. The van der Waals surface area contributed by atoms with Crippen LogP contribution in [-0.4, -0.2) is 46.3 Å². The van der Waals surface area contributed by atoms with Crippen molar-refractivity contribution >= 4 is 51.9 Å². The Bertz CT molecular complexity index is 1400. The van der Waals surface area contributed by atoms with Gasteiger partial charge in [-0.25, -0.2) is 5.01 Å². The average molecular weight is 545 g/mol. The number of hydrogen-bond acceptors (Lipinski definition) is 7. The first-order chi connectivity index (χ1) is 18.4. The second-order valence-corrected chi connectivity index (χ2v) is 11.1. The van der Waals surface area contributed by atoms with Crippen LogP contribution in [0.4, 0.5) is 5.69 Å². The molecule has 0 saturated heterocycles. The third kappa shape index (κ3) is 5.79. The predicted octanol–water partition coefficient (Wildman–Crippen LogP) is 5.90. The number of ether oxygens (including phenoxy) is 1. The van der Waals surface area contributed by atoms with Gasteiger partial charge in [0.1, 0.15) is 11.0 Å². The lowest BCUT2D eigenvalue weighted by atomic mass is 9.98. The number of nitrogens with one attached hydrogen (secondary N) is 1. The molecule has 2 atom stereocenters. The van der Waals surface area contributed by atoms with Gasteiger partial charge in [-0.3, -0.25) is 9.59 Å². The number of amides is 2. The second kappa shape index (κ2) is 11.4. The van der Waals surface area contributed by atoms with E-state index in [1.807, 2.05) is 59.8 Å². The zero-order chi connectivity index (χ0) is 26.6. The van der Waals surface area contributed by atoms with Gasteiger partial charge in [0, 0.05) is 23.4 Å². The van der Waals surface area contributed by atoms with Crippen molar-refractivity contribution in [1.29, 1.82) is 0 Å². The van der Waals surface area contributed by atoms with Crippen molar-refractivity contribution in [1.82, 2.24) is 5.01 Å². The Labute approximate surface area is 230 Å². The molecular weight excluding hydrogens is 516 g/mol. The number of aliphatic imine (C=N–C) groups is 1. The monoisotopic (exact) mass is 544 g/mol. The standard InChI is InChI=1S/C29H28N4O3S2/c1-18-7-9-19(10-8-18)24-16-25(20-11-13-22(36-2)14-12-20)33(32-24)29-31-28(35)26(38-29)17-27(34)30-21-5-4-6-23(15-21)37-3/h4-15,25-26H,16-17H2,1-3H3,(H,30,34)/t25-,26-/m1/s1. The van der Waals surface area contributed by atoms with Crippen molar-refractivity contribution in [3.05, 3.63) is 89.5 Å². The Balaban J connectivity index is 1.34. The molecule has 0 radical (unpaired) electrons. The molecular formula is C29H28N4O3S2. The molecule has 7 nitrogen and oxygen atoms in total. The molecule has 3 aromatic rings. The number of hydrogen-bond donors (Lipinski definition) is 1. The summed E-state index contributed by atoms with van der Waals surface area (Å²) in [6.07, 6.45) is 2.69. The topological polar surface area (TPSA) is 83.4 Å². The first kappa shape index (κ1) is 26.1. The van der Waals surface area contributed by atoms with Gasteiger partial charge in [0.25, 0.3) is 5.91 Å². The molecule has 2 aliphatic rings. The molecule has 3 aromatic carbocycles. The van der Waals surface area contributed by atoms with Gasteiger partial charge in [0.05, 0.1) is 18.9 Å². The molecule has 0 spiro atoms. The first-order valence-electron chi connectivity index (χ1n) is 12.2. The summed E-state index contributed by atoms with van der Waals surface area (Å²) in [5.41, 5.74) is 4.90. The van der Waals surface area contributed by atoms with Gasteiger partial charge in [0.2, 0.25) is 5.91 Å². The van der Waals surface area contributed by atoms with Crippen LogP contribution >= 0.6 is 23.5 Å². The number of benzene rings is 3. The molecule has 0 aliphatic carbocycles. The molecule has 2 amide bonds. The van der Waals surface area contributed by atoms with Crippen LogP contribution in [0, 0.1) is 6.92 Å². The van der Waals surface area contributed by atoms with Gasteiger partial charge in [0.15, 0.2) is 5.17 Å². The van der Waals surface area contributed by atoms with Gasteiger partial charge < -0.3 is 10.1 Å². The largest absolute Gasteiger partial charge is 0.497 e. The molecule has 194 valence electrons. The van der Waals surface area contributed by atoms with Gasteiger partial charge in [-0.1, -0.05) is 59.8 Å². The molecule has 0 fully saturated rings. The lowest BCUT2D eigenvalue weighted by molar-refractivity contribution is -0.121. The van der Waals surface area contributed by atoms with Crippen molar-refractivity contribution in [2.45, 2.75) is 36.0 Å². The number of amidine groups is 1. The van der Waals surface area contributed by atoms with E-state index in [1.165, 1.54) is 17.3 Å². The second-order valence-electron chi connectivity index (χ2n) is 9.07. The van der Waals surface area contributed by atoms with E-state index >= 15 is 0 Å². The Morgan fingerprint density at radius 3 is 2.61 bits per heavy atom. The molecule has 0 unspecified atom stereocenters. The van der Waals surface area contributed by atoms with Crippen LogP contribution in [0.15, 0.2) is 87.8 Å². The van der Waals surface area contributed by atoms with E-state index < -0.39 is 5.25 Å². The molecule has 1 N–H and O–H groups in total. The normalized spacial score (nSPS) is 18.8. The lowest BCUT2D eigenvalue weighted by Gasteiger charge is -2.23. The summed E-state index contributed by atoms with van der Waals surface area (Å²) in [5.74, 6) is 0.239. The molecule has 5 rings (SSSR count). The third-order valence-electron chi connectivity index (χ3n) is 6.44. The average Bonchev–Trinajstić information content (AvgIpc) is 3.53. The fourth-order valence-corrected chi connectivity index (χ4v) is 5.90. The zero-order valence-electron chi connectivity index (χ0n) is 21.4. The summed E-state index contributed by atoms with van der Waals surface area (Å²) < 4.78 is 5.33. The number of aryl methyl sites for hydroxylation is 1. The number of nitrogens with zero attached hydrogens (tertiary/aromatic N) is 3. The Hall–Kier alpha value is -3.56. The van der Waals surface area contributed by atoms with E-state index in [-0.39, 0.29) is 24.3 Å². The molecule has 0 aromatic heterocycles. The van der Waals surface area contributed by atoms with Crippen LogP contribution in [-0.2, 0) is 9.59 Å². The minimum atomic E-state index is -0.594. The van der Waals surface area contributed by atoms with E-state index in [1.54, 1.807) is 18.9 Å². The smallest absolute Gasteiger partial charge is 0.262 e. The SMILES string of the molecule is COc1ccc([C@H]2CC(c3ccc(C)cc3)=NN2C2=NC(=O)[C@@H](CC(=O)Nc3cccc(SC)c3)S2)cc1. The summed E-state index contributed by atoms with van der Waals surface area (Å²) in [4.78, 5) is 31.0. The summed E-state index contributed by atoms with van der Waals surface area (Å²) in [6, 6.07) is 23.6. The van der Waals surface area contributed by atoms with Crippen LogP contribution in [0.5, 0.6) is 5.75 Å². The number of hydrazone groups is 1. The quantitative estimate of drug-likeness (QED) is 0.373. The molecule has 2 aliphatic heterocycles. The van der Waals surface area contributed by atoms with Crippen LogP contribution in [0.25, 0.3) is 0 Å². The van der Waals surface area contributed by atoms with Crippen molar-refractivity contribution in [3.63, 3.8) is 0 Å². The van der Waals surface area contributed by atoms with Gasteiger partial charge in [-0.15, -0.1) is 11.8 Å². The summed E-state index contributed by atoms with van der Waals surface area (Å²) >= 11 is 2.90. The predicted molar refractivity (Wildman–Crippen MR) is 155 cm³/mol. The molecule has 0 saturated carbocycles. The highest BCUT2D eigenvalue weighted by Crippen LogP contribution is 2.39. The van der Waals surface area contributed by atoms with Gasteiger partial charge in [-0.05, 0) is 54.6 Å². The summed E-state index contributed by atoms with van der Waals surface area (Å²) in [5, 5.41) is 9.58. The molecule has 2 heterocycles. The van der Waals surface area contributed by atoms with E-state index in [9.17, 15) is 9.59 Å². The third-order valence-corrected chi connectivity index (χ3v) is 8.31. The minimum absolute atomic E-state index is 0.0373. The molecule has 38 heavy (non-hydrogen) atoms.